The van der Waals surface area contributed by atoms with E-state index in [1.807, 2.05) is 11.8 Å². The Hall–Kier alpha value is -1.55. The number of phenols is 1. The lowest BCUT2D eigenvalue weighted by atomic mass is 9.91. The van der Waals surface area contributed by atoms with Crippen molar-refractivity contribution in [1.82, 2.24) is 10.2 Å². The fraction of sp³-hybridized carbons (Fsp3) is 0.533. The molecule has 0 aromatic heterocycles. The van der Waals surface area contributed by atoms with E-state index in [0.717, 1.165) is 31.6 Å². The highest BCUT2D eigenvalue weighted by Gasteiger charge is 2.37. The van der Waals surface area contributed by atoms with Crippen LogP contribution in [-0.2, 0) is 0 Å². The van der Waals surface area contributed by atoms with Crippen molar-refractivity contribution < 1.29 is 9.90 Å². The summed E-state index contributed by atoms with van der Waals surface area (Å²) < 4.78 is 0. The maximum Gasteiger partial charge on any atom is 0.254 e. The molecule has 3 rings (SSSR count). The molecule has 2 saturated heterocycles. The van der Waals surface area contributed by atoms with Gasteiger partial charge in [0.1, 0.15) is 5.75 Å². The minimum Gasteiger partial charge on any atom is -0.508 e. The third-order valence-corrected chi connectivity index (χ3v) is 4.38. The molecule has 0 spiro atoms. The minimum absolute atomic E-state index is 0.0986. The van der Waals surface area contributed by atoms with Gasteiger partial charge in [0.2, 0.25) is 0 Å². The first-order valence-electron chi connectivity index (χ1n) is 6.98. The second-order valence-electron chi connectivity index (χ2n) is 5.63. The van der Waals surface area contributed by atoms with Crippen molar-refractivity contribution >= 4 is 5.91 Å². The van der Waals surface area contributed by atoms with E-state index < -0.39 is 0 Å². The monoisotopic (exact) mass is 260 g/mol. The van der Waals surface area contributed by atoms with Gasteiger partial charge in [-0.25, -0.2) is 0 Å². The van der Waals surface area contributed by atoms with Gasteiger partial charge in [0, 0.05) is 31.2 Å². The van der Waals surface area contributed by atoms with Gasteiger partial charge in [0.25, 0.3) is 5.91 Å². The van der Waals surface area contributed by atoms with Crippen LogP contribution >= 0.6 is 0 Å². The van der Waals surface area contributed by atoms with Crippen LogP contribution in [0, 0.1) is 12.8 Å². The Morgan fingerprint density at radius 3 is 3.05 bits per heavy atom. The number of phenolic OH excluding ortho intramolecular Hbond substituents is 1. The van der Waals surface area contributed by atoms with Crippen LogP contribution in [0.3, 0.4) is 0 Å². The summed E-state index contributed by atoms with van der Waals surface area (Å²) in [5, 5.41) is 12.9. The zero-order valence-corrected chi connectivity index (χ0v) is 11.2. The molecule has 2 aliphatic rings. The van der Waals surface area contributed by atoms with Gasteiger partial charge in [0.15, 0.2) is 0 Å². The van der Waals surface area contributed by atoms with Crippen LogP contribution < -0.4 is 5.32 Å². The van der Waals surface area contributed by atoms with E-state index in [4.69, 9.17) is 0 Å². The number of carbonyl (C=O) groups is 1. The van der Waals surface area contributed by atoms with Gasteiger partial charge in [-0.05, 0) is 49.4 Å². The van der Waals surface area contributed by atoms with E-state index in [-0.39, 0.29) is 11.7 Å². The van der Waals surface area contributed by atoms with Crippen LogP contribution in [0.2, 0.25) is 0 Å². The summed E-state index contributed by atoms with van der Waals surface area (Å²) in [6, 6.07) is 5.45. The zero-order valence-electron chi connectivity index (χ0n) is 11.2. The average Bonchev–Trinajstić information content (AvgIpc) is 2.89. The number of hydrogen-bond donors (Lipinski definition) is 2. The molecule has 2 unspecified atom stereocenters. The number of benzene rings is 1. The number of aryl methyl sites for hydroxylation is 1. The lowest BCUT2D eigenvalue weighted by molar-refractivity contribution is 0.0574. The number of nitrogens with zero attached hydrogens (tertiary/aromatic N) is 1. The molecular formula is C15H20N2O2. The van der Waals surface area contributed by atoms with Crippen LogP contribution in [0.1, 0.15) is 28.8 Å². The highest BCUT2D eigenvalue weighted by molar-refractivity contribution is 5.95. The number of likely N-dealkylation sites (tertiary alicyclic amines) is 1. The highest BCUT2D eigenvalue weighted by atomic mass is 16.3. The summed E-state index contributed by atoms with van der Waals surface area (Å²) in [5.74, 6) is 0.952. The third kappa shape index (κ3) is 2.21. The maximum absolute atomic E-state index is 12.6. The summed E-state index contributed by atoms with van der Waals surface area (Å²) in [4.78, 5) is 14.6. The molecule has 0 saturated carbocycles. The van der Waals surface area contributed by atoms with Crippen molar-refractivity contribution in [3.63, 3.8) is 0 Å². The summed E-state index contributed by atoms with van der Waals surface area (Å²) in [5.41, 5.74) is 1.44. The van der Waals surface area contributed by atoms with E-state index in [1.54, 1.807) is 18.2 Å². The van der Waals surface area contributed by atoms with E-state index in [9.17, 15) is 9.90 Å². The average molecular weight is 260 g/mol. The fourth-order valence-electron chi connectivity index (χ4n) is 3.27. The van der Waals surface area contributed by atoms with E-state index >= 15 is 0 Å². The zero-order chi connectivity index (χ0) is 13.4. The van der Waals surface area contributed by atoms with E-state index in [1.165, 1.54) is 6.42 Å². The van der Waals surface area contributed by atoms with Crippen molar-refractivity contribution in [3.05, 3.63) is 29.3 Å². The molecule has 102 valence electrons. The van der Waals surface area contributed by atoms with Crippen molar-refractivity contribution in [2.24, 2.45) is 5.92 Å². The summed E-state index contributed by atoms with van der Waals surface area (Å²) in [6.07, 6.45) is 2.31. The molecule has 2 heterocycles. The molecule has 1 aromatic rings. The van der Waals surface area contributed by atoms with Crippen molar-refractivity contribution in [2.75, 3.05) is 19.6 Å². The Kier molecular flexibility index (Phi) is 3.19. The Morgan fingerprint density at radius 1 is 1.42 bits per heavy atom. The highest BCUT2D eigenvalue weighted by Crippen LogP contribution is 2.28. The molecule has 1 aromatic carbocycles. The molecule has 1 amide bonds. The number of fused-ring (bicyclic) bond motifs is 1. The predicted molar refractivity (Wildman–Crippen MR) is 73.3 cm³/mol. The topological polar surface area (TPSA) is 52.6 Å². The number of amides is 1. The Bertz CT molecular complexity index is 501. The van der Waals surface area contributed by atoms with Crippen molar-refractivity contribution in [2.45, 2.75) is 25.8 Å². The number of nitrogens with one attached hydrogen (secondary N) is 1. The smallest absolute Gasteiger partial charge is 0.254 e. The largest absolute Gasteiger partial charge is 0.508 e. The number of rotatable bonds is 1. The van der Waals surface area contributed by atoms with E-state index in [2.05, 4.69) is 5.32 Å². The van der Waals surface area contributed by atoms with Gasteiger partial charge in [0.05, 0.1) is 0 Å². The Morgan fingerprint density at radius 2 is 2.26 bits per heavy atom. The van der Waals surface area contributed by atoms with Gasteiger partial charge in [-0.2, -0.15) is 0 Å². The second kappa shape index (κ2) is 4.85. The quantitative estimate of drug-likeness (QED) is 0.805. The second-order valence-corrected chi connectivity index (χ2v) is 5.63. The molecule has 19 heavy (non-hydrogen) atoms. The van der Waals surface area contributed by atoms with Crippen molar-refractivity contribution in [3.8, 4) is 5.75 Å². The van der Waals surface area contributed by atoms with Crippen LogP contribution in [0.4, 0.5) is 0 Å². The molecule has 2 N–H and O–H groups in total. The molecule has 0 aliphatic carbocycles. The Labute approximate surface area is 113 Å². The number of carbonyl (C=O) groups excluding carboxylic acids is 1. The molecule has 2 atom stereocenters. The number of aromatic hydroxyl groups is 1. The first-order valence-corrected chi connectivity index (χ1v) is 6.98. The summed E-state index contributed by atoms with van der Waals surface area (Å²) in [6.45, 7) is 4.61. The van der Waals surface area contributed by atoms with Crippen LogP contribution in [0.15, 0.2) is 18.2 Å². The minimum atomic E-state index is 0.0986. The molecule has 0 bridgehead atoms. The summed E-state index contributed by atoms with van der Waals surface area (Å²) in [7, 11) is 0. The number of piperidine rings is 1. The fourth-order valence-corrected chi connectivity index (χ4v) is 3.27. The lowest BCUT2D eigenvalue weighted by Gasteiger charge is -2.37. The van der Waals surface area contributed by atoms with Crippen LogP contribution in [0.5, 0.6) is 5.75 Å². The van der Waals surface area contributed by atoms with Gasteiger partial charge >= 0.3 is 0 Å². The molecule has 0 radical (unpaired) electrons. The van der Waals surface area contributed by atoms with Gasteiger partial charge in [-0.15, -0.1) is 0 Å². The number of hydrogen-bond acceptors (Lipinski definition) is 3. The van der Waals surface area contributed by atoms with Crippen LogP contribution in [0.25, 0.3) is 0 Å². The van der Waals surface area contributed by atoms with Crippen LogP contribution in [-0.4, -0.2) is 41.6 Å². The van der Waals surface area contributed by atoms with Crippen molar-refractivity contribution in [1.29, 1.82) is 0 Å². The molecule has 2 aliphatic heterocycles. The van der Waals surface area contributed by atoms with E-state index in [0.29, 0.717) is 17.5 Å². The summed E-state index contributed by atoms with van der Waals surface area (Å²) >= 11 is 0. The van der Waals surface area contributed by atoms with Gasteiger partial charge in [-0.1, -0.05) is 0 Å². The lowest BCUT2D eigenvalue weighted by Crippen LogP contribution is -2.48. The molecule has 4 nitrogen and oxygen atoms in total. The standard InChI is InChI=1S/C15H20N2O2/c1-10-7-11(4-5-14(10)18)15(19)17-6-2-3-12-8-16-9-13(12)17/h4-5,7,12-13,16,18H,2-3,6,8-9H2,1H3. The molecular weight excluding hydrogens is 240 g/mol. The third-order valence-electron chi connectivity index (χ3n) is 4.38. The molecule has 4 heteroatoms. The normalized spacial score (nSPS) is 26.3. The SMILES string of the molecule is Cc1cc(C(=O)N2CCCC3CNCC32)ccc1O. The maximum atomic E-state index is 12.6. The predicted octanol–water partition coefficient (Wildman–Crippen LogP) is 1.52. The van der Waals surface area contributed by atoms with Gasteiger partial charge < -0.3 is 15.3 Å². The first-order chi connectivity index (χ1) is 9.16. The molecule has 2 fully saturated rings. The first kappa shape index (κ1) is 12.5. The Balaban J connectivity index is 1.84. The van der Waals surface area contributed by atoms with Gasteiger partial charge in [-0.3, -0.25) is 4.79 Å².